The Morgan fingerprint density at radius 3 is 2.45 bits per heavy atom. The summed E-state index contributed by atoms with van der Waals surface area (Å²) in [5, 5.41) is 4.04. The average Bonchev–Trinajstić information content (AvgIpc) is 3.39. The van der Waals surface area contributed by atoms with E-state index < -0.39 is 17.8 Å². The predicted molar refractivity (Wildman–Crippen MR) is 153 cm³/mol. The van der Waals surface area contributed by atoms with Crippen LogP contribution in [0.5, 0.6) is 11.5 Å². The third-order valence-electron chi connectivity index (χ3n) is 7.59. The van der Waals surface area contributed by atoms with Gasteiger partial charge >= 0.3 is 0 Å². The number of rotatable bonds is 9. The first-order valence-corrected chi connectivity index (χ1v) is 13.6. The fourth-order valence-corrected chi connectivity index (χ4v) is 5.56. The highest BCUT2D eigenvalue weighted by atomic mass is 19.1. The third-order valence-corrected chi connectivity index (χ3v) is 7.59. The lowest BCUT2D eigenvalue weighted by Crippen LogP contribution is -2.48. The highest BCUT2D eigenvalue weighted by molar-refractivity contribution is 6.03. The number of hydrogen-bond acceptors (Lipinski definition) is 4. The molecule has 2 amide bonds. The third kappa shape index (κ3) is 5.66. The Bertz CT molecular complexity index is 1490. The Labute approximate surface area is 233 Å². The van der Waals surface area contributed by atoms with E-state index >= 15 is 4.39 Å². The van der Waals surface area contributed by atoms with Crippen LogP contribution in [0.4, 0.5) is 10.1 Å². The van der Waals surface area contributed by atoms with Gasteiger partial charge in [0.2, 0.25) is 11.8 Å². The second kappa shape index (κ2) is 12.2. The number of hydrogen-bond donors (Lipinski definition) is 2. The number of aromatic nitrogens is 1. The molecule has 3 aromatic carbocycles. The number of fused-ring (bicyclic) bond motifs is 1. The molecule has 0 unspecified atom stereocenters. The highest BCUT2D eigenvalue weighted by Gasteiger charge is 2.36. The Morgan fingerprint density at radius 2 is 1.70 bits per heavy atom. The summed E-state index contributed by atoms with van der Waals surface area (Å²) in [6, 6.07) is 17.6. The van der Waals surface area contributed by atoms with Gasteiger partial charge in [-0.2, -0.15) is 0 Å². The van der Waals surface area contributed by atoms with Gasteiger partial charge in [0, 0.05) is 40.5 Å². The van der Waals surface area contributed by atoms with Crippen molar-refractivity contribution >= 4 is 28.4 Å². The maximum atomic E-state index is 15.4. The Balaban J connectivity index is 1.61. The monoisotopic (exact) mass is 543 g/mol. The largest absolute Gasteiger partial charge is 0.493 e. The van der Waals surface area contributed by atoms with Crippen LogP contribution in [-0.2, 0) is 16.0 Å². The van der Waals surface area contributed by atoms with E-state index in [2.05, 4.69) is 10.3 Å². The number of methoxy groups -OCH3 is 2. The van der Waals surface area contributed by atoms with Crippen molar-refractivity contribution < 1.29 is 23.5 Å². The lowest BCUT2D eigenvalue weighted by Gasteiger charge is -2.34. The van der Waals surface area contributed by atoms with Gasteiger partial charge in [-0.25, -0.2) is 4.39 Å². The van der Waals surface area contributed by atoms with Crippen molar-refractivity contribution in [3.8, 4) is 11.5 Å². The molecule has 1 aliphatic carbocycles. The van der Waals surface area contributed by atoms with Crippen LogP contribution in [0.2, 0.25) is 0 Å². The molecule has 7 nitrogen and oxygen atoms in total. The lowest BCUT2D eigenvalue weighted by atomic mass is 9.94. The highest BCUT2D eigenvalue weighted by Crippen LogP contribution is 2.37. The Morgan fingerprint density at radius 1 is 0.975 bits per heavy atom. The molecule has 4 aromatic rings. The quantitative estimate of drug-likeness (QED) is 0.268. The molecule has 0 spiro atoms. The number of H-pyrrole nitrogens is 1. The zero-order valence-corrected chi connectivity index (χ0v) is 22.8. The van der Waals surface area contributed by atoms with Gasteiger partial charge in [0.15, 0.2) is 11.5 Å². The second-order valence-electron chi connectivity index (χ2n) is 10.1. The normalized spacial score (nSPS) is 14.5. The van der Waals surface area contributed by atoms with E-state index in [0.29, 0.717) is 17.2 Å². The topological polar surface area (TPSA) is 83.7 Å². The zero-order valence-electron chi connectivity index (χ0n) is 22.8. The molecule has 0 aliphatic heterocycles. The van der Waals surface area contributed by atoms with Gasteiger partial charge in [-0.15, -0.1) is 0 Å². The number of ether oxygens (including phenoxy) is 2. The molecule has 1 fully saturated rings. The van der Waals surface area contributed by atoms with Crippen LogP contribution in [0, 0.1) is 5.82 Å². The summed E-state index contributed by atoms with van der Waals surface area (Å²) in [7, 11) is 3.03. The van der Waals surface area contributed by atoms with E-state index in [1.807, 2.05) is 24.3 Å². The number of carbonyl (C=O) groups is 2. The first-order chi connectivity index (χ1) is 19.5. The Hall–Kier alpha value is -4.33. The average molecular weight is 544 g/mol. The van der Waals surface area contributed by atoms with Crippen LogP contribution >= 0.6 is 0 Å². The molecule has 8 heteroatoms. The van der Waals surface area contributed by atoms with E-state index in [1.165, 1.54) is 25.2 Å². The van der Waals surface area contributed by atoms with Crippen molar-refractivity contribution in [1.82, 2.24) is 10.3 Å². The predicted octanol–water partition coefficient (Wildman–Crippen LogP) is 6.09. The number of halogens is 1. The molecule has 40 heavy (non-hydrogen) atoms. The van der Waals surface area contributed by atoms with Crippen LogP contribution < -0.4 is 19.7 Å². The molecule has 1 saturated carbocycles. The molecule has 0 radical (unpaired) electrons. The molecule has 1 aromatic heterocycles. The van der Waals surface area contributed by atoms with Gasteiger partial charge in [-0.05, 0) is 42.7 Å². The van der Waals surface area contributed by atoms with E-state index in [9.17, 15) is 9.59 Å². The maximum Gasteiger partial charge on any atom is 0.248 e. The molecular formula is C32H34FN3O4. The second-order valence-corrected chi connectivity index (χ2v) is 10.1. The van der Waals surface area contributed by atoms with Gasteiger partial charge in [0.1, 0.15) is 11.9 Å². The van der Waals surface area contributed by atoms with E-state index in [0.717, 1.165) is 48.6 Å². The number of amides is 2. The standard InChI is InChI=1S/C32H34FN3O4/c1-39-28-17-16-23(19-29(28)40-2)36(30(37)18-21-20-34-27-15-9-7-12-24(21)27)31(25-13-6-8-14-26(25)33)32(38)35-22-10-4-3-5-11-22/h6-9,12-17,19-20,22,31,34H,3-5,10-11,18H2,1-2H3,(H,35,38)/t31-/m0/s1. The summed E-state index contributed by atoms with van der Waals surface area (Å²) in [5.41, 5.74) is 2.21. The van der Waals surface area contributed by atoms with Gasteiger partial charge < -0.3 is 19.8 Å². The SMILES string of the molecule is COc1ccc(N(C(=O)Cc2c[nH]c3ccccc23)[C@H](C(=O)NC2CCCCC2)c2ccccc2F)cc1OC. The number of aromatic amines is 1. The smallest absolute Gasteiger partial charge is 0.248 e. The minimum absolute atomic E-state index is 0.0000191. The van der Waals surface area contributed by atoms with Gasteiger partial charge in [-0.1, -0.05) is 55.7 Å². The number of anilines is 1. The summed E-state index contributed by atoms with van der Waals surface area (Å²) >= 11 is 0. The first-order valence-electron chi connectivity index (χ1n) is 13.6. The number of benzene rings is 3. The molecule has 1 aliphatic rings. The molecule has 0 saturated heterocycles. The molecule has 0 bridgehead atoms. The van der Waals surface area contributed by atoms with Crippen molar-refractivity contribution in [2.24, 2.45) is 0 Å². The number of nitrogens with zero attached hydrogens (tertiary/aromatic N) is 1. The summed E-state index contributed by atoms with van der Waals surface area (Å²) in [4.78, 5) is 32.9. The summed E-state index contributed by atoms with van der Waals surface area (Å²) in [6.45, 7) is 0. The Kier molecular flexibility index (Phi) is 8.34. The number of para-hydroxylation sites is 1. The van der Waals surface area contributed by atoms with Crippen LogP contribution in [0.15, 0.2) is 72.9 Å². The van der Waals surface area contributed by atoms with Crippen molar-refractivity contribution in [2.75, 3.05) is 19.1 Å². The molecular weight excluding hydrogens is 509 g/mol. The van der Waals surface area contributed by atoms with E-state index in [-0.39, 0.29) is 23.9 Å². The molecule has 1 atom stereocenters. The van der Waals surface area contributed by atoms with E-state index in [4.69, 9.17) is 9.47 Å². The summed E-state index contributed by atoms with van der Waals surface area (Å²) in [5.74, 6) is -0.464. The maximum absolute atomic E-state index is 15.4. The summed E-state index contributed by atoms with van der Waals surface area (Å²) in [6.07, 6.45) is 6.69. The molecule has 208 valence electrons. The van der Waals surface area contributed by atoms with Crippen molar-refractivity contribution in [1.29, 1.82) is 0 Å². The van der Waals surface area contributed by atoms with Gasteiger partial charge in [0.25, 0.3) is 0 Å². The van der Waals surface area contributed by atoms with Gasteiger partial charge in [-0.3, -0.25) is 14.5 Å². The number of nitrogens with one attached hydrogen (secondary N) is 2. The molecule has 2 N–H and O–H groups in total. The van der Waals surface area contributed by atoms with Crippen molar-refractivity contribution in [3.05, 3.63) is 89.9 Å². The minimum Gasteiger partial charge on any atom is -0.493 e. The fourth-order valence-electron chi connectivity index (χ4n) is 5.56. The van der Waals surface area contributed by atoms with Crippen molar-refractivity contribution in [2.45, 2.75) is 50.6 Å². The number of carbonyl (C=O) groups excluding carboxylic acids is 2. The zero-order chi connectivity index (χ0) is 28.1. The molecule has 1 heterocycles. The first kappa shape index (κ1) is 27.2. The van der Waals surface area contributed by atoms with E-state index in [1.54, 1.807) is 42.6 Å². The summed E-state index contributed by atoms with van der Waals surface area (Å²) < 4.78 is 26.3. The fraction of sp³-hybridized carbons (Fsp3) is 0.312. The van der Waals surface area contributed by atoms with Crippen LogP contribution in [0.25, 0.3) is 10.9 Å². The van der Waals surface area contributed by atoms with Crippen molar-refractivity contribution in [3.63, 3.8) is 0 Å². The van der Waals surface area contributed by atoms with Gasteiger partial charge in [0.05, 0.1) is 20.6 Å². The molecule has 5 rings (SSSR count). The van der Waals surface area contributed by atoms with Crippen LogP contribution in [0.1, 0.15) is 49.3 Å². The lowest BCUT2D eigenvalue weighted by molar-refractivity contribution is -0.127. The minimum atomic E-state index is -1.24. The van der Waals surface area contributed by atoms with Crippen LogP contribution in [-0.4, -0.2) is 37.1 Å². The van der Waals surface area contributed by atoms with Crippen LogP contribution in [0.3, 0.4) is 0 Å².